The number of unbranched alkanes of at least 4 members (excludes halogenated alkanes) is 20. The molecular weight excluding hydrogens is 420 g/mol. The summed E-state index contributed by atoms with van der Waals surface area (Å²) in [6, 6.07) is 0. The van der Waals surface area contributed by atoms with Gasteiger partial charge in [0.25, 0.3) is 0 Å². The Balaban J connectivity index is 3.25. The molecule has 0 aliphatic rings. The van der Waals surface area contributed by atoms with Gasteiger partial charge >= 0.3 is 0 Å². The van der Waals surface area contributed by atoms with E-state index in [4.69, 9.17) is 0 Å². The molecule has 0 bridgehead atoms. The second kappa shape index (κ2) is 28.2. The molecule has 0 spiro atoms. The van der Waals surface area contributed by atoms with Crippen molar-refractivity contribution in [2.75, 3.05) is 13.1 Å². The summed E-state index contributed by atoms with van der Waals surface area (Å²) < 4.78 is 0. The fourth-order valence-electron chi connectivity index (χ4n) is 4.44. The number of carbonyl (C=O) groups excluding carboxylic acids is 2. The second-order valence-corrected chi connectivity index (χ2v) is 10.3. The van der Waals surface area contributed by atoms with Crippen LogP contribution in [0.1, 0.15) is 168 Å². The Labute approximate surface area is 213 Å². The zero-order valence-electron chi connectivity index (χ0n) is 23.2. The monoisotopic (exact) mass is 480 g/mol. The number of hydrogen-bond acceptors (Lipinski definition) is 2. The largest absolute Gasteiger partial charge is 0.356 e. The Morgan fingerprint density at radius 3 is 0.882 bits per heavy atom. The molecule has 0 aliphatic carbocycles. The average Bonchev–Trinajstić information content (AvgIpc) is 2.84. The number of carbonyl (C=O) groups is 2. The van der Waals surface area contributed by atoms with Crippen LogP contribution in [0.15, 0.2) is 0 Å². The van der Waals surface area contributed by atoms with Crippen LogP contribution in [-0.4, -0.2) is 24.9 Å². The molecule has 0 atom stereocenters. The summed E-state index contributed by atoms with van der Waals surface area (Å²) in [5.74, 6) is 0.0155. The van der Waals surface area contributed by atoms with Crippen LogP contribution in [0.3, 0.4) is 0 Å². The number of nitrogens with one attached hydrogen (secondary N) is 2. The molecule has 0 fully saturated rings. The van der Waals surface area contributed by atoms with E-state index in [9.17, 15) is 9.59 Å². The first-order chi connectivity index (χ1) is 16.7. The molecule has 0 aliphatic heterocycles. The van der Waals surface area contributed by atoms with Gasteiger partial charge < -0.3 is 10.6 Å². The summed E-state index contributed by atoms with van der Waals surface area (Å²) >= 11 is 0. The highest BCUT2D eigenvalue weighted by Crippen LogP contribution is 2.13. The topological polar surface area (TPSA) is 58.2 Å². The summed E-state index contributed by atoms with van der Waals surface area (Å²) in [5.41, 5.74) is 0. The van der Waals surface area contributed by atoms with Crippen molar-refractivity contribution < 1.29 is 9.59 Å². The van der Waals surface area contributed by atoms with Crippen LogP contribution in [0.4, 0.5) is 0 Å². The van der Waals surface area contributed by atoms with Gasteiger partial charge in [0.05, 0.1) is 0 Å². The van der Waals surface area contributed by atoms with E-state index < -0.39 is 0 Å². The van der Waals surface area contributed by atoms with E-state index in [2.05, 4.69) is 24.5 Å². The lowest BCUT2D eigenvalue weighted by Crippen LogP contribution is -2.28. The molecule has 2 N–H and O–H groups in total. The van der Waals surface area contributed by atoms with Gasteiger partial charge in [-0.05, 0) is 12.8 Å². The summed E-state index contributed by atoms with van der Waals surface area (Å²) in [6.07, 6.45) is 29.7. The molecule has 0 rings (SSSR count). The van der Waals surface area contributed by atoms with E-state index in [1.54, 1.807) is 0 Å². The van der Waals surface area contributed by atoms with Gasteiger partial charge in [-0.1, -0.05) is 142 Å². The molecule has 34 heavy (non-hydrogen) atoms. The van der Waals surface area contributed by atoms with E-state index in [-0.39, 0.29) is 11.8 Å². The van der Waals surface area contributed by atoms with Crippen molar-refractivity contribution in [2.24, 2.45) is 0 Å². The van der Waals surface area contributed by atoms with E-state index >= 15 is 0 Å². The molecule has 0 heterocycles. The van der Waals surface area contributed by atoms with Crippen molar-refractivity contribution in [3.05, 3.63) is 0 Å². The SMILES string of the molecule is CCCCCCCCCCCCCCCCCCNC(=O)CCC(=O)NCCCCCCCC. The van der Waals surface area contributed by atoms with Gasteiger partial charge in [0, 0.05) is 25.9 Å². The highest BCUT2D eigenvalue weighted by atomic mass is 16.2. The van der Waals surface area contributed by atoms with Crippen molar-refractivity contribution in [3.63, 3.8) is 0 Å². The fourth-order valence-corrected chi connectivity index (χ4v) is 4.44. The highest BCUT2D eigenvalue weighted by Gasteiger charge is 2.06. The van der Waals surface area contributed by atoms with Crippen molar-refractivity contribution in [1.82, 2.24) is 10.6 Å². The molecule has 0 aromatic heterocycles. The second-order valence-electron chi connectivity index (χ2n) is 10.3. The number of amides is 2. The predicted octanol–water partition coefficient (Wildman–Crippen LogP) is 8.62. The van der Waals surface area contributed by atoms with Crippen molar-refractivity contribution in [2.45, 2.75) is 168 Å². The van der Waals surface area contributed by atoms with E-state index in [1.165, 1.54) is 128 Å². The fraction of sp³-hybridized carbons (Fsp3) is 0.933. The first-order valence-corrected chi connectivity index (χ1v) is 15.2. The van der Waals surface area contributed by atoms with Gasteiger partial charge in [-0.3, -0.25) is 9.59 Å². The first kappa shape index (κ1) is 32.9. The molecule has 0 saturated heterocycles. The standard InChI is InChI=1S/C30H60N2O2/c1-3-5-7-9-11-12-13-14-15-16-17-18-19-20-22-24-28-32-30(34)26-25-29(33)31-27-23-21-10-8-6-4-2/h3-28H2,1-2H3,(H,31,33)(H,32,34). The Kier molecular flexibility index (Phi) is 27.3. The molecule has 0 saturated carbocycles. The molecule has 4 nitrogen and oxygen atoms in total. The zero-order valence-corrected chi connectivity index (χ0v) is 23.2. The minimum Gasteiger partial charge on any atom is -0.356 e. The van der Waals surface area contributed by atoms with Crippen molar-refractivity contribution in [1.29, 1.82) is 0 Å². The lowest BCUT2D eigenvalue weighted by molar-refractivity contribution is -0.126. The van der Waals surface area contributed by atoms with Gasteiger partial charge in [0.15, 0.2) is 0 Å². The van der Waals surface area contributed by atoms with E-state index in [0.717, 1.165) is 25.9 Å². The maximum absolute atomic E-state index is 11.9. The third kappa shape index (κ3) is 27.2. The lowest BCUT2D eigenvalue weighted by Gasteiger charge is -2.07. The molecule has 0 aromatic carbocycles. The molecule has 0 unspecified atom stereocenters. The molecule has 4 heteroatoms. The molecule has 202 valence electrons. The number of rotatable bonds is 27. The van der Waals surface area contributed by atoms with Gasteiger partial charge in [-0.25, -0.2) is 0 Å². The van der Waals surface area contributed by atoms with Gasteiger partial charge in [-0.2, -0.15) is 0 Å². The average molecular weight is 481 g/mol. The summed E-state index contributed by atoms with van der Waals surface area (Å²) in [7, 11) is 0. The predicted molar refractivity (Wildman–Crippen MR) is 148 cm³/mol. The summed E-state index contributed by atoms with van der Waals surface area (Å²) in [5, 5.41) is 5.90. The van der Waals surface area contributed by atoms with Crippen LogP contribution in [0.5, 0.6) is 0 Å². The Bertz CT molecular complexity index is 440. The van der Waals surface area contributed by atoms with Crippen LogP contribution in [0, 0.1) is 0 Å². The van der Waals surface area contributed by atoms with Crippen LogP contribution < -0.4 is 10.6 Å². The maximum atomic E-state index is 11.9. The molecule has 0 radical (unpaired) electrons. The summed E-state index contributed by atoms with van der Waals surface area (Å²) in [6.45, 7) is 5.99. The van der Waals surface area contributed by atoms with E-state index in [0.29, 0.717) is 12.8 Å². The first-order valence-electron chi connectivity index (χ1n) is 15.2. The van der Waals surface area contributed by atoms with Gasteiger partial charge in [-0.15, -0.1) is 0 Å². The zero-order chi connectivity index (χ0) is 25.0. The summed E-state index contributed by atoms with van der Waals surface area (Å²) in [4.78, 5) is 23.7. The van der Waals surface area contributed by atoms with Crippen molar-refractivity contribution >= 4 is 11.8 Å². The molecule has 0 aromatic rings. The van der Waals surface area contributed by atoms with Crippen LogP contribution in [0.25, 0.3) is 0 Å². The normalized spacial score (nSPS) is 11.0. The maximum Gasteiger partial charge on any atom is 0.220 e. The number of hydrogen-bond donors (Lipinski definition) is 2. The van der Waals surface area contributed by atoms with Crippen molar-refractivity contribution in [3.8, 4) is 0 Å². The lowest BCUT2D eigenvalue weighted by atomic mass is 10.0. The third-order valence-corrected chi connectivity index (χ3v) is 6.78. The van der Waals surface area contributed by atoms with Crippen LogP contribution >= 0.6 is 0 Å². The van der Waals surface area contributed by atoms with Crippen LogP contribution in [0.2, 0.25) is 0 Å². The molecule has 2 amide bonds. The van der Waals surface area contributed by atoms with Crippen LogP contribution in [-0.2, 0) is 9.59 Å². The Morgan fingerprint density at radius 2 is 0.618 bits per heavy atom. The third-order valence-electron chi connectivity index (χ3n) is 6.78. The smallest absolute Gasteiger partial charge is 0.220 e. The van der Waals surface area contributed by atoms with Gasteiger partial charge in [0.1, 0.15) is 0 Å². The van der Waals surface area contributed by atoms with Gasteiger partial charge in [0.2, 0.25) is 11.8 Å². The quantitative estimate of drug-likeness (QED) is 0.116. The Hall–Kier alpha value is -1.06. The minimum absolute atomic E-state index is 0.00566. The Morgan fingerprint density at radius 1 is 0.382 bits per heavy atom. The highest BCUT2D eigenvalue weighted by molar-refractivity contribution is 5.83. The minimum atomic E-state index is 0.00566. The van der Waals surface area contributed by atoms with E-state index in [1.807, 2.05) is 0 Å². The molecular formula is C30H60N2O2.